The maximum atomic E-state index is 11.7. The topological polar surface area (TPSA) is 92.5 Å². The number of rotatable bonds is 5. The van der Waals surface area contributed by atoms with E-state index < -0.39 is 10.0 Å². The molecule has 0 aliphatic rings. The molecule has 18 heavy (non-hydrogen) atoms. The molecule has 1 rings (SSSR count). The largest absolute Gasteiger partial charge is 0.399 e. The van der Waals surface area contributed by atoms with E-state index in [-0.39, 0.29) is 18.2 Å². The molecule has 1 aromatic rings. The van der Waals surface area contributed by atoms with Gasteiger partial charge in [0, 0.05) is 19.8 Å². The molecule has 0 bridgehead atoms. The molecule has 100 valence electrons. The Bertz CT molecular complexity index is 509. The fourth-order valence-corrected chi connectivity index (χ4v) is 2.29. The number of nitrogens with one attached hydrogen (secondary N) is 1. The minimum absolute atomic E-state index is 0.173. The van der Waals surface area contributed by atoms with Crippen molar-refractivity contribution in [3.8, 4) is 0 Å². The van der Waals surface area contributed by atoms with Crippen LogP contribution in [0.4, 0.5) is 5.69 Å². The van der Waals surface area contributed by atoms with E-state index in [2.05, 4.69) is 4.72 Å². The lowest BCUT2D eigenvalue weighted by atomic mass is 10.2. The Morgan fingerprint density at radius 1 is 1.28 bits per heavy atom. The summed E-state index contributed by atoms with van der Waals surface area (Å²) in [5, 5.41) is 0. The molecule has 0 aliphatic heterocycles. The summed E-state index contributed by atoms with van der Waals surface area (Å²) in [4.78, 5) is 12.6. The van der Waals surface area contributed by atoms with E-state index in [9.17, 15) is 13.2 Å². The first-order chi connectivity index (χ1) is 8.30. The van der Waals surface area contributed by atoms with Crippen molar-refractivity contribution < 1.29 is 13.2 Å². The summed E-state index contributed by atoms with van der Waals surface area (Å²) in [5.41, 5.74) is 6.70. The predicted molar refractivity (Wildman–Crippen MR) is 70.2 cm³/mol. The number of anilines is 1. The highest BCUT2D eigenvalue weighted by atomic mass is 32.2. The zero-order valence-electron chi connectivity index (χ0n) is 10.4. The van der Waals surface area contributed by atoms with Gasteiger partial charge in [0.2, 0.25) is 15.9 Å². The minimum Gasteiger partial charge on any atom is -0.399 e. The highest BCUT2D eigenvalue weighted by molar-refractivity contribution is 7.88. The van der Waals surface area contributed by atoms with E-state index in [4.69, 9.17) is 5.73 Å². The van der Waals surface area contributed by atoms with E-state index in [0.717, 1.165) is 0 Å². The standard InChI is InChI=1S/C11H17N3O3S/c1-14(2)11(15)7-13-18(16,17)8-9-3-5-10(12)6-4-9/h3-6,13H,7-8,12H2,1-2H3. The Morgan fingerprint density at radius 3 is 2.33 bits per heavy atom. The van der Waals surface area contributed by atoms with Gasteiger partial charge in [0.05, 0.1) is 12.3 Å². The number of carbonyl (C=O) groups is 1. The van der Waals surface area contributed by atoms with Crippen molar-refractivity contribution in [1.82, 2.24) is 9.62 Å². The number of hydrogen-bond donors (Lipinski definition) is 2. The molecule has 0 aromatic heterocycles. The van der Waals surface area contributed by atoms with Crippen molar-refractivity contribution in [1.29, 1.82) is 0 Å². The number of nitrogens with zero attached hydrogens (tertiary/aromatic N) is 1. The van der Waals surface area contributed by atoms with Crippen LogP contribution in [-0.4, -0.2) is 39.9 Å². The van der Waals surface area contributed by atoms with Gasteiger partial charge in [-0.3, -0.25) is 4.79 Å². The van der Waals surface area contributed by atoms with Crippen LogP contribution in [0.5, 0.6) is 0 Å². The average Bonchev–Trinajstić information content (AvgIpc) is 2.29. The van der Waals surface area contributed by atoms with Crippen molar-refractivity contribution in [2.24, 2.45) is 0 Å². The molecule has 3 N–H and O–H groups in total. The molecule has 0 aliphatic carbocycles. The first-order valence-corrected chi connectivity index (χ1v) is 6.97. The predicted octanol–water partition coefficient (Wildman–Crippen LogP) is -0.224. The summed E-state index contributed by atoms with van der Waals surface area (Å²) in [6, 6.07) is 6.55. The van der Waals surface area contributed by atoms with Crippen molar-refractivity contribution in [3.63, 3.8) is 0 Å². The maximum Gasteiger partial charge on any atom is 0.237 e. The molecule has 0 heterocycles. The third-order valence-corrected chi connectivity index (χ3v) is 3.58. The van der Waals surface area contributed by atoms with Crippen LogP contribution in [0, 0.1) is 0 Å². The van der Waals surface area contributed by atoms with E-state index in [1.807, 2.05) is 0 Å². The van der Waals surface area contributed by atoms with Gasteiger partial charge < -0.3 is 10.6 Å². The SMILES string of the molecule is CN(C)C(=O)CNS(=O)(=O)Cc1ccc(N)cc1. The first kappa shape index (κ1) is 14.5. The van der Waals surface area contributed by atoms with Gasteiger partial charge in [-0.05, 0) is 17.7 Å². The molecule has 1 amide bonds. The third kappa shape index (κ3) is 4.72. The van der Waals surface area contributed by atoms with Gasteiger partial charge in [-0.1, -0.05) is 12.1 Å². The van der Waals surface area contributed by atoms with Gasteiger partial charge in [-0.25, -0.2) is 13.1 Å². The Morgan fingerprint density at radius 2 is 1.83 bits per heavy atom. The average molecular weight is 271 g/mol. The van der Waals surface area contributed by atoms with Gasteiger partial charge in [0.25, 0.3) is 0 Å². The molecule has 0 atom stereocenters. The molecule has 0 spiro atoms. The normalized spacial score (nSPS) is 11.2. The van der Waals surface area contributed by atoms with Crippen molar-refractivity contribution in [2.75, 3.05) is 26.4 Å². The second-order valence-electron chi connectivity index (χ2n) is 4.11. The maximum absolute atomic E-state index is 11.7. The van der Waals surface area contributed by atoms with Crippen LogP contribution >= 0.6 is 0 Å². The van der Waals surface area contributed by atoms with E-state index in [1.54, 1.807) is 38.4 Å². The van der Waals surface area contributed by atoms with Crippen molar-refractivity contribution in [2.45, 2.75) is 5.75 Å². The van der Waals surface area contributed by atoms with Crippen LogP contribution in [0.1, 0.15) is 5.56 Å². The molecule has 0 saturated carbocycles. The number of sulfonamides is 1. The summed E-state index contributed by atoms with van der Waals surface area (Å²) in [7, 11) is -0.382. The Labute approximate surface area is 107 Å². The number of likely N-dealkylation sites (N-methyl/N-ethyl adjacent to an activating group) is 1. The lowest BCUT2D eigenvalue weighted by Gasteiger charge is -2.11. The number of amides is 1. The van der Waals surface area contributed by atoms with Crippen LogP contribution in [-0.2, 0) is 20.6 Å². The third-order valence-electron chi connectivity index (χ3n) is 2.28. The zero-order chi connectivity index (χ0) is 13.8. The highest BCUT2D eigenvalue weighted by Crippen LogP contribution is 2.08. The van der Waals surface area contributed by atoms with Crippen LogP contribution < -0.4 is 10.5 Å². The fourth-order valence-electron chi connectivity index (χ4n) is 1.21. The number of nitrogens with two attached hydrogens (primary N) is 1. The van der Waals surface area contributed by atoms with Gasteiger partial charge in [-0.15, -0.1) is 0 Å². The van der Waals surface area contributed by atoms with E-state index >= 15 is 0 Å². The fraction of sp³-hybridized carbons (Fsp3) is 0.364. The van der Waals surface area contributed by atoms with Gasteiger partial charge in [-0.2, -0.15) is 0 Å². The zero-order valence-corrected chi connectivity index (χ0v) is 11.2. The smallest absolute Gasteiger partial charge is 0.237 e. The molecule has 1 aromatic carbocycles. The van der Waals surface area contributed by atoms with Crippen molar-refractivity contribution in [3.05, 3.63) is 29.8 Å². The van der Waals surface area contributed by atoms with Gasteiger partial charge in [0.1, 0.15) is 0 Å². The number of hydrogen-bond acceptors (Lipinski definition) is 4. The van der Waals surface area contributed by atoms with E-state index in [0.29, 0.717) is 11.3 Å². The molecule has 0 saturated heterocycles. The monoisotopic (exact) mass is 271 g/mol. The lowest BCUT2D eigenvalue weighted by Crippen LogP contribution is -2.36. The summed E-state index contributed by atoms with van der Waals surface area (Å²) in [6.45, 7) is -0.232. The van der Waals surface area contributed by atoms with Crippen LogP contribution in [0.15, 0.2) is 24.3 Å². The summed E-state index contributed by atoms with van der Waals surface area (Å²) >= 11 is 0. The minimum atomic E-state index is -3.51. The summed E-state index contributed by atoms with van der Waals surface area (Å²) in [6.07, 6.45) is 0. The lowest BCUT2D eigenvalue weighted by molar-refractivity contribution is -0.127. The van der Waals surface area contributed by atoms with Gasteiger partial charge in [0.15, 0.2) is 0 Å². The van der Waals surface area contributed by atoms with Crippen LogP contribution in [0.25, 0.3) is 0 Å². The number of carbonyl (C=O) groups excluding carboxylic acids is 1. The Hall–Kier alpha value is -1.60. The molecule has 0 radical (unpaired) electrons. The second kappa shape index (κ2) is 5.83. The highest BCUT2D eigenvalue weighted by Gasteiger charge is 2.14. The van der Waals surface area contributed by atoms with Crippen LogP contribution in [0.2, 0.25) is 0 Å². The molecule has 0 fully saturated rings. The molecule has 0 unspecified atom stereocenters. The first-order valence-electron chi connectivity index (χ1n) is 5.32. The quantitative estimate of drug-likeness (QED) is 0.724. The Kier molecular flexibility index (Phi) is 4.69. The summed E-state index contributed by atoms with van der Waals surface area (Å²) < 4.78 is 25.7. The molecule has 6 nitrogen and oxygen atoms in total. The van der Waals surface area contributed by atoms with E-state index in [1.165, 1.54) is 4.90 Å². The Balaban J connectivity index is 2.60. The molecular weight excluding hydrogens is 254 g/mol. The number of nitrogen functional groups attached to an aromatic ring is 1. The summed E-state index contributed by atoms with van der Waals surface area (Å²) in [5.74, 6) is -0.468. The van der Waals surface area contributed by atoms with Gasteiger partial charge >= 0.3 is 0 Å². The number of benzene rings is 1. The molecule has 7 heteroatoms. The van der Waals surface area contributed by atoms with Crippen LogP contribution in [0.3, 0.4) is 0 Å². The molecular formula is C11H17N3O3S. The second-order valence-corrected chi connectivity index (χ2v) is 5.92. The van der Waals surface area contributed by atoms with Crippen molar-refractivity contribution >= 4 is 21.6 Å².